The van der Waals surface area contributed by atoms with Gasteiger partial charge in [-0.3, -0.25) is 4.72 Å². The van der Waals surface area contributed by atoms with Crippen molar-refractivity contribution in [3.8, 4) is 17.5 Å². The van der Waals surface area contributed by atoms with Crippen LogP contribution in [0.4, 0.5) is 5.69 Å². The van der Waals surface area contributed by atoms with E-state index in [1.807, 2.05) is 6.92 Å². The fourth-order valence-electron chi connectivity index (χ4n) is 2.53. The standard InChI is InChI=1S/C17H21N3O5S/c1-4-23-17-18-11(2)16(12(3)19-17)20-26(21,22)13-6-7-14-15(10-13)25-9-5-8-24-14/h6-7,10,20H,4-5,8-9H2,1-3H3. The fourth-order valence-corrected chi connectivity index (χ4v) is 3.72. The smallest absolute Gasteiger partial charge is 0.316 e. The number of hydrogen-bond donors (Lipinski definition) is 1. The van der Waals surface area contributed by atoms with Gasteiger partial charge in [0.05, 0.1) is 41.8 Å². The molecule has 0 saturated carbocycles. The molecule has 0 unspecified atom stereocenters. The summed E-state index contributed by atoms with van der Waals surface area (Å²) < 4.78 is 44.5. The van der Waals surface area contributed by atoms with Crippen molar-refractivity contribution >= 4 is 15.7 Å². The third-order valence-corrected chi connectivity index (χ3v) is 5.14. The Kier molecular flexibility index (Phi) is 5.17. The van der Waals surface area contributed by atoms with Gasteiger partial charge in [-0.2, -0.15) is 9.97 Å². The molecule has 2 heterocycles. The van der Waals surface area contributed by atoms with E-state index in [0.717, 1.165) is 6.42 Å². The lowest BCUT2D eigenvalue weighted by Gasteiger charge is -2.14. The van der Waals surface area contributed by atoms with Crippen molar-refractivity contribution in [3.05, 3.63) is 29.6 Å². The number of fused-ring (bicyclic) bond motifs is 1. The van der Waals surface area contributed by atoms with Crippen LogP contribution in [0.15, 0.2) is 23.1 Å². The highest BCUT2D eigenvalue weighted by molar-refractivity contribution is 7.92. The summed E-state index contributed by atoms with van der Waals surface area (Å²) in [7, 11) is -3.84. The number of sulfonamides is 1. The first-order valence-electron chi connectivity index (χ1n) is 8.31. The van der Waals surface area contributed by atoms with Crippen LogP contribution >= 0.6 is 0 Å². The fraction of sp³-hybridized carbons (Fsp3) is 0.412. The van der Waals surface area contributed by atoms with Gasteiger partial charge in [0.25, 0.3) is 10.0 Å². The third-order valence-electron chi connectivity index (χ3n) is 3.79. The van der Waals surface area contributed by atoms with Gasteiger partial charge in [-0.1, -0.05) is 0 Å². The van der Waals surface area contributed by atoms with Gasteiger partial charge >= 0.3 is 6.01 Å². The Balaban J connectivity index is 1.91. The predicted octanol–water partition coefficient (Wildman–Crippen LogP) is 2.45. The normalized spacial score (nSPS) is 13.8. The lowest BCUT2D eigenvalue weighted by molar-refractivity contribution is 0.297. The molecule has 0 bridgehead atoms. The Morgan fingerprint density at radius 1 is 1.12 bits per heavy atom. The summed E-state index contributed by atoms with van der Waals surface area (Å²) in [5, 5.41) is 0. The number of aromatic nitrogens is 2. The molecule has 0 aliphatic carbocycles. The summed E-state index contributed by atoms with van der Waals surface area (Å²) in [6.45, 7) is 6.68. The van der Waals surface area contributed by atoms with Crippen LogP contribution in [0.5, 0.6) is 17.5 Å². The first-order chi connectivity index (χ1) is 12.4. The molecule has 0 radical (unpaired) electrons. The number of anilines is 1. The quantitative estimate of drug-likeness (QED) is 0.852. The van der Waals surface area contributed by atoms with Gasteiger partial charge in [-0.25, -0.2) is 8.42 Å². The van der Waals surface area contributed by atoms with Gasteiger partial charge in [0.2, 0.25) is 0 Å². The van der Waals surface area contributed by atoms with E-state index in [1.54, 1.807) is 19.9 Å². The van der Waals surface area contributed by atoms with Gasteiger partial charge in [-0.05, 0) is 32.9 Å². The van der Waals surface area contributed by atoms with Gasteiger partial charge in [0.15, 0.2) is 11.5 Å². The zero-order valence-corrected chi connectivity index (χ0v) is 15.7. The molecular formula is C17H21N3O5S. The van der Waals surface area contributed by atoms with Crippen molar-refractivity contribution in [1.29, 1.82) is 0 Å². The Labute approximate surface area is 152 Å². The lowest BCUT2D eigenvalue weighted by atomic mass is 10.3. The molecule has 1 aliphatic heterocycles. The largest absolute Gasteiger partial charge is 0.490 e. The molecule has 1 aliphatic rings. The highest BCUT2D eigenvalue weighted by atomic mass is 32.2. The predicted molar refractivity (Wildman–Crippen MR) is 95.5 cm³/mol. The zero-order valence-electron chi connectivity index (χ0n) is 14.9. The minimum Gasteiger partial charge on any atom is -0.490 e. The number of rotatable bonds is 5. The van der Waals surface area contributed by atoms with Crippen LogP contribution in [-0.2, 0) is 10.0 Å². The van der Waals surface area contributed by atoms with Crippen molar-refractivity contribution in [2.45, 2.75) is 32.1 Å². The molecule has 0 saturated heterocycles. The van der Waals surface area contributed by atoms with E-state index in [0.29, 0.717) is 48.4 Å². The average Bonchev–Trinajstić information content (AvgIpc) is 2.83. The molecule has 0 atom stereocenters. The summed E-state index contributed by atoms with van der Waals surface area (Å²) >= 11 is 0. The molecule has 8 nitrogen and oxygen atoms in total. The highest BCUT2D eigenvalue weighted by Gasteiger charge is 2.21. The van der Waals surface area contributed by atoms with E-state index in [2.05, 4.69) is 14.7 Å². The van der Waals surface area contributed by atoms with Crippen LogP contribution in [0.3, 0.4) is 0 Å². The minimum absolute atomic E-state index is 0.0782. The zero-order chi connectivity index (χ0) is 18.7. The summed E-state index contributed by atoms with van der Waals surface area (Å²) in [4.78, 5) is 8.44. The van der Waals surface area contributed by atoms with Crippen molar-refractivity contribution < 1.29 is 22.6 Å². The van der Waals surface area contributed by atoms with Gasteiger partial charge in [0.1, 0.15) is 0 Å². The maximum absolute atomic E-state index is 12.8. The molecule has 26 heavy (non-hydrogen) atoms. The van der Waals surface area contributed by atoms with Crippen molar-refractivity contribution in [1.82, 2.24) is 9.97 Å². The number of aryl methyl sites for hydroxylation is 2. The first kappa shape index (κ1) is 18.2. The molecule has 0 spiro atoms. The molecule has 2 aromatic rings. The summed E-state index contributed by atoms with van der Waals surface area (Å²) in [5.41, 5.74) is 1.30. The topological polar surface area (TPSA) is 99.6 Å². The van der Waals surface area contributed by atoms with E-state index in [9.17, 15) is 8.42 Å². The monoisotopic (exact) mass is 379 g/mol. The Morgan fingerprint density at radius 2 is 1.77 bits per heavy atom. The molecule has 3 rings (SSSR count). The molecule has 140 valence electrons. The SMILES string of the molecule is CCOc1nc(C)c(NS(=O)(=O)c2ccc3c(c2)OCCCO3)c(C)n1. The molecule has 9 heteroatoms. The highest BCUT2D eigenvalue weighted by Crippen LogP contribution is 2.33. The van der Waals surface area contributed by atoms with Crippen LogP contribution in [0, 0.1) is 13.8 Å². The minimum atomic E-state index is -3.84. The van der Waals surface area contributed by atoms with E-state index < -0.39 is 10.0 Å². The first-order valence-corrected chi connectivity index (χ1v) is 9.79. The lowest BCUT2D eigenvalue weighted by Crippen LogP contribution is -2.16. The Morgan fingerprint density at radius 3 is 2.42 bits per heavy atom. The summed E-state index contributed by atoms with van der Waals surface area (Å²) in [6.07, 6.45) is 0.747. The molecule has 1 aromatic carbocycles. The maximum Gasteiger partial charge on any atom is 0.316 e. The van der Waals surface area contributed by atoms with Gasteiger partial charge < -0.3 is 14.2 Å². The number of benzene rings is 1. The van der Waals surface area contributed by atoms with Crippen LogP contribution in [0.25, 0.3) is 0 Å². The van der Waals surface area contributed by atoms with Crippen LogP contribution < -0.4 is 18.9 Å². The van der Waals surface area contributed by atoms with Crippen LogP contribution in [0.2, 0.25) is 0 Å². The third kappa shape index (κ3) is 3.82. The van der Waals surface area contributed by atoms with E-state index in [1.165, 1.54) is 12.1 Å². The summed E-state index contributed by atoms with van der Waals surface area (Å²) in [6, 6.07) is 4.77. The Hall–Kier alpha value is -2.55. The van der Waals surface area contributed by atoms with Gasteiger partial charge in [-0.15, -0.1) is 0 Å². The van der Waals surface area contributed by atoms with Crippen molar-refractivity contribution in [2.24, 2.45) is 0 Å². The molecule has 0 amide bonds. The molecule has 1 N–H and O–H groups in total. The van der Waals surface area contributed by atoms with Crippen molar-refractivity contribution in [3.63, 3.8) is 0 Å². The average molecular weight is 379 g/mol. The molecular weight excluding hydrogens is 358 g/mol. The van der Waals surface area contributed by atoms with E-state index in [-0.39, 0.29) is 10.9 Å². The Bertz CT molecular complexity index is 892. The number of nitrogens with one attached hydrogen (secondary N) is 1. The van der Waals surface area contributed by atoms with Crippen molar-refractivity contribution in [2.75, 3.05) is 24.5 Å². The van der Waals surface area contributed by atoms with Crippen LogP contribution in [-0.4, -0.2) is 38.2 Å². The van der Waals surface area contributed by atoms with E-state index in [4.69, 9.17) is 14.2 Å². The van der Waals surface area contributed by atoms with E-state index >= 15 is 0 Å². The second-order valence-corrected chi connectivity index (χ2v) is 7.43. The summed E-state index contributed by atoms with van der Waals surface area (Å²) in [5.74, 6) is 0.958. The maximum atomic E-state index is 12.8. The number of ether oxygens (including phenoxy) is 3. The second kappa shape index (κ2) is 7.36. The number of nitrogens with zero attached hydrogens (tertiary/aromatic N) is 2. The van der Waals surface area contributed by atoms with Gasteiger partial charge in [0, 0.05) is 12.5 Å². The number of hydrogen-bond acceptors (Lipinski definition) is 7. The molecule has 1 aromatic heterocycles. The molecule has 0 fully saturated rings. The second-order valence-electron chi connectivity index (χ2n) is 5.75. The van der Waals surface area contributed by atoms with Crippen LogP contribution in [0.1, 0.15) is 24.7 Å².